The highest BCUT2D eigenvalue weighted by Gasteiger charge is 2.27. The lowest BCUT2D eigenvalue weighted by molar-refractivity contribution is 0.0933. The van der Waals surface area contributed by atoms with Crippen molar-refractivity contribution in [2.75, 3.05) is 13.1 Å². The summed E-state index contributed by atoms with van der Waals surface area (Å²) in [6, 6.07) is 2.54. The zero-order valence-electron chi connectivity index (χ0n) is 10.0. The number of urea groups is 1. The van der Waals surface area contributed by atoms with Gasteiger partial charge in [0.05, 0.1) is 5.56 Å². The van der Waals surface area contributed by atoms with Crippen LogP contribution in [0.3, 0.4) is 0 Å². The SMILES string of the molecule is NC(=O)N1CCC(NC(=O)c2cccc(F)c2F)C1. The molecule has 1 saturated heterocycles. The molecule has 0 aromatic heterocycles. The van der Waals surface area contributed by atoms with E-state index in [-0.39, 0.29) is 18.2 Å². The monoisotopic (exact) mass is 269 g/mol. The molecule has 0 saturated carbocycles. The third-order valence-corrected chi connectivity index (χ3v) is 3.03. The maximum Gasteiger partial charge on any atom is 0.314 e. The standard InChI is InChI=1S/C12H13F2N3O2/c13-9-3-1-2-8(10(9)14)11(18)16-7-4-5-17(6-7)12(15)19/h1-3,7H,4-6H2,(H2,15,19)(H,16,18). The smallest absolute Gasteiger partial charge is 0.314 e. The number of hydrogen-bond donors (Lipinski definition) is 2. The Morgan fingerprint density at radius 3 is 2.74 bits per heavy atom. The van der Waals surface area contributed by atoms with Crippen molar-refractivity contribution >= 4 is 11.9 Å². The number of carbonyl (C=O) groups excluding carboxylic acids is 2. The van der Waals surface area contributed by atoms with Crippen LogP contribution < -0.4 is 11.1 Å². The van der Waals surface area contributed by atoms with Crippen molar-refractivity contribution in [3.05, 3.63) is 35.4 Å². The van der Waals surface area contributed by atoms with Gasteiger partial charge in [0, 0.05) is 19.1 Å². The molecule has 1 aromatic carbocycles. The zero-order chi connectivity index (χ0) is 14.0. The molecule has 19 heavy (non-hydrogen) atoms. The highest BCUT2D eigenvalue weighted by molar-refractivity contribution is 5.94. The summed E-state index contributed by atoms with van der Waals surface area (Å²) in [5, 5.41) is 2.55. The van der Waals surface area contributed by atoms with Crippen LogP contribution in [0.2, 0.25) is 0 Å². The molecule has 1 heterocycles. The molecular weight excluding hydrogens is 256 g/mol. The summed E-state index contributed by atoms with van der Waals surface area (Å²) in [5.41, 5.74) is 4.76. The van der Waals surface area contributed by atoms with Gasteiger partial charge in [0.25, 0.3) is 5.91 Å². The van der Waals surface area contributed by atoms with Gasteiger partial charge in [-0.25, -0.2) is 13.6 Å². The first-order valence-corrected chi connectivity index (χ1v) is 5.78. The average Bonchev–Trinajstić information content (AvgIpc) is 2.81. The summed E-state index contributed by atoms with van der Waals surface area (Å²) < 4.78 is 26.4. The molecular formula is C12H13F2N3O2. The number of halogens is 2. The van der Waals surface area contributed by atoms with Gasteiger partial charge in [-0.15, -0.1) is 0 Å². The second-order valence-corrected chi connectivity index (χ2v) is 4.34. The van der Waals surface area contributed by atoms with Crippen molar-refractivity contribution in [3.63, 3.8) is 0 Å². The number of nitrogens with zero attached hydrogens (tertiary/aromatic N) is 1. The molecule has 0 radical (unpaired) electrons. The summed E-state index contributed by atoms with van der Waals surface area (Å²) in [5.74, 6) is -2.95. The van der Waals surface area contributed by atoms with Gasteiger partial charge in [-0.05, 0) is 18.6 Å². The summed E-state index contributed by atoms with van der Waals surface area (Å²) in [6.45, 7) is 0.712. The molecule has 102 valence electrons. The van der Waals surface area contributed by atoms with Crippen LogP contribution in [0.4, 0.5) is 13.6 Å². The number of hydrogen-bond acceptors (Lipinski definition) is 2. The number of nitrogens with two attached hydrogens (primary N) is 1. The molecule has 3 amide bonds. The Labute approximate surface area is 108 Å². The second-order valence-electron chi connectivity index (χ2n) is 4.34. The van der Waals surface area contributed by atoms with E-state index >= 15 is 0 Å². The third kappa shape index (κ3) is 2.81. The molecule has 0 bridgehead atoms. The number of rotatable bonds is 2. The van der Waals surface area contributed by atoms with Crippen molar-refractivity contribution < 1.29 is 18.4 Å². The first-order valence-electron chi connectivity index (χ1n) is 5.78. The molecule has 5 nitrogen and oxygen atoms in total. The van der Waals surface area contributed by atoms with Crippen molar-refractivity contribution in [3.8, 4) is 0 Å². The van der Waals surface area contributed by atoms with Crippen LogP contribution in [0.5, 0.6) is 0 Å². The van der Waals surface area contributed by atoms with E-state index in [4.69, 9.17) is 5.73 Å². The molecule has 1 aromatic rings. The minimum absolute atomic E-state index is 0.276. The van der Waals surface area contributed by atoms with E-state index < -0.39 is 23.6 Å². The molecule has 7 heteroatoms. The van der Waals surface area contributed by atoms with E-state index in [1.54, 1.807) is 0 Å². The van der Waals surface area contributed by atoms with Crippen molar-refractivity contribution in [2.24, 2.45) is 5.73 Å². The van der Waals surface area contributed by atoms with Crippen LogP contribution >= 0.6 is 0 Å². The van der Waals surface area contributed by atoms with Crippen molar-refractivity contribution in [1.29, 1.82) is 0 Å². The Bertz CT molecular complexity index is 522. The highest BCUT2D eigenvalue weighted by atomic mass is 19.2. The molecule has 3 N–H and O–H groups in total. The first kappa shape index (κ1) is 13.3. The van der Waals surface area contributed by atoms with Crippen LogP contribution in [0.15, 0.2) is 18.2 Å². The lowest BCUT2D eigenvalue weighted by Gasteiger charge is -2.14. The Hall–Kier alpha value is -2.18. The summed E-state index contributed by atoms with van der Waals surface area (Å²) >= 11 is 0. The van der Waals surface area contributed by atoms with Gasteiger partial charge in [0.15, 0.2) is 11.6 Å². The number of benzene rings is 1. The molecule has 1 fully saturated rings. The molecule has 1 atom stereocenters. The number of likely N-dealkylation sites (tertiary alicyclic amines) is 1. The molecule has 1 aliphatic heterocycles. The zero-order valence-corrected chi connectivity index (χ0v) is 10.0. The van der Waals surface area contributed by atoms with Gasteiger partial charge in [-0.2, -0.15) is 0 Å². The van der Waals surface area contributed by atoms with Crippen molar-refractivity contribution in [2.45, 2.75) is 12.5 Å². The van der Waals surface area contributed by atoms with Gasteiger partial charge in [-0.1, -0.05) is 6.07 Å². The quantitative estimate of drug-likeness (QED) is 0.835. The van der Waals surface area contributed by atoms with Crippen LogP contribution in [-0.4, -0.2) is 36.0 Å². The Kier molecular flexibility index (Phi) is 3.64. The van der Waals surface area contributed by atoms with Gasteiger partial charge < -0.3 is 16.0 Å². The normalized spacial score (nSPS) is 18.4. The lowest BCUT2D eigenvalue weighted by Crippen LogP contribution is -2.40. The van der Waals surface area contributed by atoms with Gasteiger partial charge in [0.1, 0.15) is 0 Å². The highest BCUT2D eigenvalue weighted by Crippen LogP contribution is 2.13. The maximum absolute atomic E-state index is 13.4. The van der Waals surface area contributed by atoms with Gasteiger partial charge in [0.2, 0.25) is 0 Å². The summed E-state index contributed by atoms with van der Waals surface area (Å²) in [7, 11) is 0. The first-order chi connectivity index (χ1) is 8.99. The second kappa shape index (κ2) is 5.21. The predicted octanol–water partition coefficient (Wildman–Crippen LogP) is 0.848. The van der Waals surface area contributed by atoms with E-state index in [0.29, 0.717) is 13.0 Å². The number of nitrogens with one attached hydrogen (secondary N) is 1. The summed E-state index contributed by atoms with van der Waals surface area (Å²) in [4.78, 5) is 24.1. The van der Waals surface area contributed by atoms with Crippen molar-refractivity contribution in [1.82, 2.24) is 10.2 Å². The number of carbonyl (C=O) groups is 2. The Morgan fingerprint density at radius 2 is 2.11 bits per heavy atom. The third-order valence-electron chi connectivity index (χ3n) is 3.03. The van der Waals surface area contributed by atoms with Crippen LogP contribution in [-0.2, 0) is 0 Å². The minimum atomic E-state index is -1.18. The summed E-state index contributed by atoms with van der Waals surface area (Å²) in [6.07, 6.45) is 0.533. The van der Waals surface area contributed by atoms with E-state index in [1.165, 1.54) is 17.0 Å². The fourth-order valence-electron chi connectivity index (χ4n) is 2.02. The molecule has 1 aliphatic rings. The molecule has 1 unspecified atom stereocenters. The van der Waals surface area contributed by atoms with E-state index in [9.17, 15) is 18.4 Å². The number of amides is 3. The minimum Gasteiger partial charge on any atom is -0.351 e. The topological polar surface area (TPSA) is 75.4 Å². The average molecular weight is 269 g/mol. The van der Waals surface area contributed by atoms with Crippen LogP contribution in [0.1, 0.15) is 16.8 Å². The van der Waals surface area contributed by atoms with Crippen LogP contribution in [0.25, 0.3) is 0 Å². The van der Waals surface area contributed by atoms with Gasteiger partial charge in [-0.3, -0.25) is 4.79 Å². The predicted molar refractivity (Wildman–Crippen MR) is 63.4 cm³/mol. The molecule has 0 aliphatic carbocycles. The Morgan fingerprint density at radius 1 is 1.37 bits per heavy atom. The Balaban J connectivity index is 2.02. The van der Waals surface area contributed by atoms with Crippen LogP contribution in [0, 0.1) is 11.6 Å². The fraction of sp³-hybridized carbons (Fsp3) is 0.333. The van der Waals surface area contributed by atoms with E-state index in [1.807, 2.05) is 0 Å². The van der Waals surface area contributed by atoms with E-state index in [0.717, 1.165) is 6.07 Å². The molecule has 0 spiro atoms. The largest absolute Gasteiger partial charge is 0.351 e. The molecule has 2 rings (SSSR count). The van der Waals surface area contributed by atoms with E-state index in [2.05, 4.69) is 5.32 Å². The maximum atomic E-state index is 13.4. The lowest BCUT2D eigenvalue weighted by atomic mass is 10.1. The van der Waals surface area contributed by atoms with Gasteiger partial charge >= 0.3 is 6.03 Å². The number of primary amides is 1. The fourth-order valence-corrected chi connectivity index (χ4v) is 2.02.